The minimum absolute atomic E-state index is 0.151. The van der Waals surface area contributed by atoms with Crippen LogP contribution in [-0.2, 0) is 6.54 Å². The number of nitrogens with two attached hydrogens (primary N) is 1. The second kappa shape index (κ2) is 9.59. The van der Waals surface area contributed by atoms with E-state index in [0.29, 0.717) is 20.8 Å². The zero-order valence-corrected chi connectivity index (χ0v) is 20.0. The van der Waals surface area contributed by atoms with Crippen LogP contribution in [0.1, 0.15) is 31.2 Å². The van der Waals surface area contributed by atoms with Gasteiger partial charge in [0.25, 0.3) is 11.8 Å². The number of halogens is 1. The molecule has 2 aromatic carbocycles. The average molecular weight is 501 g/mol. The fourth-order valence-electron chi connectivity index (χ4n) is 3.80. The molecule has 180 valence electrons. The topological polar surface area (TPSA) is 106 Å². The fourth-order valence-corrected chi connectivity index (χ4v) is 4.94. The molecular formula is C26H21FN6O2S. The number of nitrogen functional groups attached to an aromatic ring is 1. The van der Waals surface area contributed by atoms with Crippen LogP contribution in [0.5, 0.6) is 0 Å². The number of carbonyl (C=O) groups is 2. The van der Waals surface area contributed by atoms with Crippen LogP contribution in [0.15, 0.2) is 79.3 Å². The highest BCUT2D eigenvalue weighted by Gasteiger charge is 2.21. The lowest BCUT2D eigenvalue weighted by Crippen LogP contribution is -2.22. The number of thiophene rings is 1. The summed E-state index contributed by atoms with van der Waals surface area (Å²) in [5, 5.41) is 8.12. The molecule has 0 saturated heterocycles. The van der Waals surface area contributed by atoms with Crippen molar-refractivity contribution in [3.8, 4) is 5.69 Å². The van der Waals surface area contributed by atoms with Gasteiger partial charge in [0.2, 0.25) is 0 Å². The maximum Gasteiger partial charge on any atom is 0.281 e. The largest absolute Gasteiger partial charge is 0.394 e. The molecule has 8 nitrogen and oxygen atoms in total. The molecule has 0 aliphatic heterocycles. The number of rotatable bonds is 6. The molecule has 3 N–H and O–H groups in total. The van der Waals surface area contributed by atoms with Gasteiger partial charge in [-0.1, -0.05) is 34.8 Å². The van der Waals surface area contributed by atoms with Crippen molar-refractivity contribution >= 4 is 44.7 Å². The predicted octanol–water partition coefficient (Wildman–Crippen LogP) is 5.15. The molecule has 0 radical (unpaired) electrons. The number of nitrogens with one attached hydrogen (secondary N) is 1. The number of anilines is 2. The summed E-state index contributed by atoms with van der Waals surface area (Å²) in [4.78, 5) is 30.1. The summed E-state index contributed by atoms with van der Waals surface area (Å²) >= 11 is 1.22. The summed E-state index contributed by atoms with van der Waals surface area (Å²) in [6.07, 6.45) is 4.72. The quantitative estimate of drug-likeness (QED) is 0.314. The Morgan fingerprint density at radius 1 is 1.14 bits per heavy atom. The van der Waals surface area contributed by atoms with Gasteiger partial charge in [0.1, 0.15) is 0 Å². The minimum Gasteiger partial charge on any atom is -0.394 e. The van der Waals surface area contributed by atoms with Crippen molar-refractivity contribution in [1.29, 1.82) is 0 Å². The normalized spacial score (nSPS) is 10.9. The molecule has 0 saturated carbocycles. The minimum atomic E-state index is -0.767. The molecule has 5 rings (SSSR count). The summed E-state index contributed by atoms with van der Waals surface area (Å²) in [5.41, 5.74) is 8.73. The van der Waals surface area contributed by atoms with Gasteiger partial charge in [-0.25, -0.2) is 4.68 Å². The molecule has 5 aromatic rings. The van der Waals surface area contributed by atoms with Crippen LogP contribution < -0.4 is 11.1 Å². The number of para-hydroxylation sites is 1. The van der Waals surface area contributed by atoms with Crippen molar-refractivity contribution in [2.24, 2.45) is 0 Å². The highest BCUT2D eigenvalue weighted by atomic mass is 32.1. The molecule has 0 aliphatic rings. The lowest BCUT2D eigenvalue weighted by molar-refractivity contribution is 0.0148. The third kappa shape index (κ3) is 4.53. The number of amides is 2. The van der Waals surface area contributed by atoms with E-state index in [-0.39, 0.29) is 29.0 Å². The molecule has 10 heteroatoms. The fraction of sp³-hybridized carbons (Fsp3) is 0.0769. The molecule has 36 heavy (non-hydrogen) atoms. The first-order chi connectivity index (χ1) is 17.4. The Morgan fingerprint density at radius 3 is 2.69 bits per heavy atom. The monoisotopic (exact) mass is 500 g/mol. The van der Waals surface area contributed by atoms with E-state index < -0.39 is 5.91 Å². The first kappa shape index (κ1) is 23.2. The van der Waals surface area contributed by atoms with Crippen LogP contribution in [0.25, 0.3) is 15.8 Å². The summed E-state index contributed by atoms with van der Waals surface area (Å²) in [5.74, 6) is -0.882. The first-order valence-corrected chi connectivity index (χ1v) is 11.8. The number of carbonyl (C=O) groups excluding carboxylic acids is 2. The van der Waals surface area contributed by atoms with E-state index in [1.165, 1.54) is 17.5 Å². The van der Waals surface area contributed by atoms with E-state index in [4.69, 9.17) is 5.73 Å². The molecule has 2 amide bonds. The molecule has 0 bridgehead atoms. The third-order valence-electron chi connectivity index (χ3n) is 5.65. The SMILES string of the molecule is Cc1c(C(=O)Nc2nn(-c3ccccc3)cc2N)sc2cc(C(=O)N(F)Cc3cccnc3)ccc12. The average Bonchev–Trinajstić information content (AvgIpc) is 3.43. The third-order valence-corrected chi connectivity index (χ3v) is 6.90. The molecule has 0 aliphatic carbocycles. The van der Waals surface area contributed by atoms with E-state index in [1.807, 2.05) is 37.3 Å². The Balaban J connectivity index is 1.36. The summed E-state index contributed by atoms with van der Waals surface area (Å²) in [7, 11) is 0. The van der Waals surface area contributed by atoms with E-state index >= 15 is 0 Å². The van der Waals surface area contributed by atoms with Gasteiger partial charge in [-0.3, -0.25) is 14.6 Å². The molecule has 0 spiro atoms. The summed E-state index contributed by atoms with van der Waals surface area (Å²) in [6, 6.07) is 17.7. The standard InChI is InChI=1S/C26H21FN6O2S/c1-16-20-10-9-18(26(35)32(27)14-17-6-5-11-29-13-17)12-22(20)36-23(16)25(34)30-24-21(28)15-33(31-24)19-7-3-2-4-8-19/h2-13,15H,14,28H2,1H3,(H,30,31,34). The second-order valence-electron chi connectivity index (χ2n) is 8.12. The Labute approximate surface area is 209 Å². The number of hydrogen-bond donors (Lipinski definition) is 2. The second-order valence-corrected chi connectivity index (χ2v) is 9.17. The van der Waals surface area contributed by atoms with Crippen molar-refractivity contribution in [3.63, 3.8) is 0 Å². The van der Waals surface area contributed by atoms with Crippen molar-refractivity contribution < 1.29 is 14.1 Å². The van der Waals surface area contributed by atoms with Gasteiger partial charge in [0.05, 0.1) is 29.0 Å². The molecule has 0 unspecified atom stereocenters. The number of aromatic nitrogens is 3. The molecule has 3 aromatic heterocycles. The number of aryl methyl sites for hydroxylation is 1. The maximum absolute atomic E-state index is 14.6. The summed E-state index contributed by atoms with van der Waals surface area (Å²) in [6.45, 7) is 1.61. The van der Waals surface area contributed by atoms with Gasteiger partial charge in [0.15, 0.2) is 5.82 Å². The highest BCUT2D eigenvalue weighted by molar-refractivity contribution is 7.21. The number of fused-ring (bicyclic) bond motifs is 1. The molecule has 0 fully saturated rings. The van der Waals surface area contributed by atoms with Crippen molar-refractivity contribution in [1.82, 2.24) is 19.9 Å². The number of hydrogen-bond acceptors (Lipinski definition) is 6. The van der Waals surface area contributed by atoms with E-state index in [9.17, 15) is 14.1 Å². The predicted molar refractivity (Wildman–Crippen MR) is 138 cm³/mol. The Morgan fingerprint density at radius 2 is 1.94 bits per heavy atom. The Bertz CT molecular complexity index is 1570. The van der Waals surface area contributed by atoms with Crippen LogP contribution in [0, 0.1) is 6.92 Å². The van der Waals surface area contributed by atoms with Gasteiger partial charge in [0, 0.05) is 22.7 Å². The van der Waals surface area contributed by atoms with Crippen molar-refractivity contribution in [2.45, 2.75) is 13.5 Å². The van der Waals surface area contributed by atoms with E-state index in [1.54, 1.807) is 47.4 Å². The zero-order valence-electron chi connectivity index (χ0n) is 19.2. The summed E-state index contributed by atoms with van der Waals surface area (Å²) < 4.78 is 16.8. The molecular weight excluding hydrogens is 479 g/mol. The van der Waals surface area contributed by atoms with Crippen LogP contribution in [0.4, 0.5) is 16.0 Å². The zero-order chi connectivity index (χ0) is 25.2. The molecule has 3 heterocycles. The van der Waals surface area contributed by atoms with E-state index in [2.05, 4.69) is 15.4 Å². The first-order valence-electron chi connectivity index (χ1n) is 11.0. The van der Waals surface area contributed by atoms with Gasteiger partial charge >= 0.3 is 0 Å². The van der Waals surface area contributed by atoms with Crippen molar-refractivity contribution in [3.05, 3.63) is 101 Å². The van der Waals surface area contributed by atoms with Crippen LogP contribution in [0.3, 0.4) is 0 Å². The van der Waals surface area contributed by atoms with Gasteiger partial charge in [-0.15, -0.1) is 16.4 Å². The smallest absolute Gasteiger partial charge is 0.281 e. The lowest BCUT2D eigenvalue weighted by Gasteiger charge is -2.12. The van der Waals surface area contributed by atoms with Gasteiger partial charge in [-0.05, 0) is 53.8 Å². The number of pyridine rings is 1. The number of benzene rings is 2. The van der Waals surface area contributed by atoms with E-state index in [0.717, 1.165) is 16.6 Å². The van der Waals surface area contributed by atoms with Crippen molar-refractivity contribution in [2.75, 3.05) is 11.1 Å². The van der Waals surface area contributed by atoms with Crippen LogP contribution in [-0.4, -0.2) is 31.7 Å². The Kier molecular flexibility index (Phi) is 6.17. The maximum atomic E-state index is 14.6. The van der Waals surface area contributed by atoms with Gasteiger partial charge in [-0.2, -0.15) is 5.12 Å². The van der Waals surface area contributed by atoms with Gasteiger partial charge < -0.3 is 11.1 Å². The Hall–Kier alpha value is -4.57. The lowest BCUT2D eigenvalue weighted by atomic mass is 10.1. The van der Waals surface area contributed by atoms with Crippen LogP contribution in [0.2, 0.25) is 0 Å². The number of nitrogens with zero attached hydrogens (tertiary/aromatic N) is 4. The van der Waals surface area contributed by atoms with Crippen LogP contribution >= 0.6 is 11.3 Å². The highest BCUT2D eigenvalue weighted by Crippen LogP contribution is 2.33. The molecule has 0 atom stereocenters.